The summed E-state index contributed by atoms with van der Waals surface area (Å²) in [6.07, 6.45) is 8.85. The van der Waals surface area contributed by atoms with Gasteiger partial charge in [0.05, 0.1) is 5.25 Å². The second-order valence-corrected chi connectivity index (χ2v) is 11.6. The third-order valence-electron chi connectivity index (χ3n) is 6.67. The number of hydrogen-bond donors (Lipinski definition) is 1. The molecule has 3 atom stereocenters. The van der Waals surface area contributed by atoms with Gasteiger partial charge >= 0.3 is 0 Å². The third-order valence-corrected chi connectivity index (χ3v) is 9.29. The molecule has 2 aliphatic heterocycles. The second kappa shape index (κ2) is 8.57. The summed E-state index contributed by atoms with van der Waals surface area (Å²) in [6, 6.07) is 10.9. The number of benzene rings is 1. The maximum Gasteiger partial charge on any atom is 0.273 e. The molecular weight excluding hydrogens is 418 g/mol. The molecule has 6 nitrogen and oxygen atoms in total. The Morgan fingerprint density at radius 3 is 2.50 bits per heavy atom. The minimum Gasteiger partial charge on any atom is -0.467 e. The maximum atomic E-state index is 12.6. The molecule has 1 aliphatic carbocycles. The molecule has 2 saturated heterocycles. The number of piperidine rings is 1. The van der Waals surface area contributed by atoms with Crippen LogP contribution < -0.4 is 9.46 Å². The van der Waals surface area contributed by atoms with E-state index >= 15 is 0 Å². The zero-order valence-electron chi connectivity index (χ0n) is 17.0. The highest BCUT2D eigenvalue weighted by Gasteiger charge is 2.42. The van der Waals surface area contributed by atoms with Gasteiger partial charge in [-0.3, -0.25) is 4.90 Å². The molecule has 2 aromatic rings. The van der Waals surface area contributed by atoms with E-state index in [9.17, 15) is 8.42 Å². The Hall–Kier alpha value is -1.48. The van der Waals surface area contributed by atoms with Crippen molar-refractivity contribution in [3.05, 3.63) is 47.5 Å². The molecule has 5 rings (SSSR count). The molecule has 0 spiro atoms. The van der Waals surface area contributed by atoms with Gasteiger partial charge in [-0.15, -0.1) is 0 Å². The summed E-state index contributed by atoms with van der Waals surface area (Å²) in [6.45, 7) is 0.909. The van der Waals surface area contributed by atoms with E-state index < -0.39 is 10.0 Å². The largest absolute Gasteiger partial charge is 0.467 e. The number of aromatic nitrogens is 1. The predicted octanol–water partition coefficient (Wildman–Crippen LogP) is 3.73. The Bertz CT molecular complexity index is 918. The van der Waals surface area contributed by atoms with Crippen LogP contribution in [0.2, 0.25) is 0 Å². The zero-order chi connectivity index (χ0) is 20.6. The van der Waals surface area contributed by atoms with Crippen LogP contribution in [0.15, 0.2) is 41.9 Å². The van der Waals surface area contributed by atoms with Crippen LogP contribution in [-0.2, 0) is 10.0 Å². The van der Waals surface area contributed by atoms with E-state index in [0.29, 0.717) is 12.1 Å². The first-order valence-corrected chi connectivity index (χ1v) is 13.4. The van der Waals surface area contributed by atoms with Crippen LogP contribution in [-0.4, -0.2) is 48.3 Å². The molecule has 8 heteroatoms. The molecule has 2 bridgehead atoms. The fourth-order valence-electron chi connectivity index (χ4n) is 5.03. The molecule has 0 amide bonds. The van der Waals surface area contributed by atoms with E-state index in [2.05, 4.69) is 14.6 Å². The molecule has 0 unspecified atom stereocenters. The molecule has 162 valence electrons. The Labute approximate surface area is 182 Å². The van der Waals surface area contributed by atoms with Crippen LogP contribution in [0, 0.1) is 0 Å². The number of thiazole rings is 1. The van der Waals surface area contributed by atoms with Crippen molar-refractivity contribution < 1.29 is 13.2 Å². The molecular formula is C22H29N3O3S2. The van der Waals surface area contributed by atoms with Crippen LogP contribution in [0.3, 0.4) is 0 Å². The van der Waals surface area contributed by atoms with Crippen LogP contribution in [0.5, 0.6) is 5.19 Å². The summed E-state index contributed by atoms with van der Waals surface area (Å²) in [4.78, 5) is 6.86. The number of sulfonamides is 1. The molecule has 1 aromatic heterocycles. The van der Waals surface area contributed by atoms with Gasteiger partial charge < -0.3 is 4.74 Å². The van der Waals surface area contributed by atoms with E-state index in [4.69, 9.17) is 4.74 Å². The van der Waals surface area contributed by atoms with E-state index in [1.165, 1.54) is 12.8 Å². The molecule has 1 aromatic carbocycles. The van der Waals surface area contributed by atoms with E-state index in [-0.39, 0.29) is 17.4 Å². The SMILES string of the molecule is O=S(=O)(N[C@@H](CCN1[C@H]2CC[C@H]1CC(Oc1nccs1)C2)c1ccccc1)C1CC1. The molecule has 30 heavy (non-hydrogen) atoms. The Morgan fingerprint density at radius 2 is 1.87 bits per heavy atom. The zero-order valence-corrected chi connectivity index (χ0v) is 18.7. The molecule has 3 fully saturated rings. The van der Waals surface area contributed by atoms with Gasteiger partial charge in [0.2, 0.25) is 10.0 Å². The highest BCUT2D eigenvalue weighted by Crippen LogP contribution is 2.38. The van der Waals surface area contributed by atoms with Gasteiger partial charge in [-0.25, -0.2) is 18.1 Å². The van der Waals surface area contributed by atoms with Crippen molar-refractivity contribution in [1.82, 2.24) is 14.6 Å². The van der Waals surface area contributed by atoms with Gasteiger partial charge in [-0.05, 0) is 50.5 Å². The van der Waals surface area contributed by atoms with Gasteiger partial charge in [0, 0.05) is 36.2 Å². The summed E-state index contributed by atoms with van der Waals surface area (Å²) in [7, 11) is -3.23. The van der Waals surface area contributed by atoms with Crippen molar-refractivity contribution in [2.75, 3.05) is 6.54 Å². The van der Waals surface area contributed by atoms with Crippen molar-refractivity contribution in [3.63, 3.8) is 0 Å². The monoisotopic (exact) mass is 447 g/mol. The summed E-state index contributed by atoms with van der Waals surface area (Å²) in [5.74, 6) is 0. The highest BCUT2D eigenvalue weighted by molar-refractivity contribution is 7.90. The maximum absolute atomic E-state index is 12.6. The summed E-state index contributed by atoms with van der Waals surface area (Å²) >= 11 is 1.55. The van der Waals surface area contributed by atoms with E-state index in [1.807, 2.05) is 35.7 Å². The first-order valence-electron chi connectivity index (χ1n) is 11.0. The van der Waals surface area contributed by atoms with Crippen LogP contribution in [0.4, 0.5) is 0 Å². The van der Waals surface area contributed by atoms with Crippen molar-refractivity contribution >= 4 is 21.4 Å². The number of nitrogens with zero attached hydrogens (tertiary/aromatic N) is 2. The average molecular weight is 448 g/mol. The number of nitrogens with one attached hydrogen (secondary N) is 1. The van der Waals surface area contributed by atoms with E-state index in [1.54, 1.807) is 17.5 Å². The molecule has 1 saturated carbocycles. The fraction of sp³-hybridized carbons (Fsp3) is 0.591. The standard InChI is InChI=1S/C22H29N3O3S2/c26-30(27,20-8-9-20)24-21(16-4-2-1-3-5-16)10-12-25-17-6-7-18(25)15-19(14-17)28-22-23-11-13-29-22/h1-5,11,13,17-21,24H,6-10,12,14-15H2/t17-,18-,21-/m0/s1. The number of fused-ring (bicyclic) bond motifs is 2. The quantitative estimate of drug-likeness (QED) is 0.634. The van der Waals surface area contributed by atoms with Gasteiger partial charge in [-0.1, -0.05) is 41.7 Å². The minimum absolute atomic E-state index is 0.166. The third kappa shape index (κ3) is 4.56. The minimum atomic E-state index is -3.23. The molecule has 0 radical (unpaired) electrons. The molecule has 3 aliphatic rings. The number of ether oxygens (including phenoxy) is 1. The van der Waals surface area contributed by atoms with Crippen molar-refractivity contribution in [2.24, 2.45) is 0 Å². The normalized spacial score (nSPS) is 27.8. The summed E-state index contributed by atoms with van der Waals surface area (Å²) < 4.78 is 34.4. The predicted molar refractivity (Wildman–Crippen MR) is 118 cm³/mol. The first-order chi connectivity index (χ1) is 14.6. The lowest BCUT2D eigenvalue weighted by Gasteiger charge is -2.39. The van der Waals surface area contributed by atoms with E-state index in [0.717, 1.165) is 49.4 Å². The van der Waals surface area contributed by atoms with Crippen molar-refractivity contribution in [1.29, 1.82) is 0 Å². The summed E-state index contributed by atoms with van der Waals surface area (Å²) in [5, 5.41) is 2.52. The molecule has 1 N–H and O–H groups in total. The Morgan fingerprint density at radius 1 is 1.13 bits per heavy atom. The molecule has 3 heterocycles. The van der Waals surface area contributed by atoms with Crippen molar-refractivity contribution in [3.8, 4) is 5.19 Å². The lowest BCUT2D eigenvalue weighted by molar-refractivity contribution is 0.0473. The highest BCUT2D eigenvalue weighted by atomic mass is 32.2. The van der Waals surface area contributed by atoms with Gasteiger partial charge in [-0.2, -0.15) is 0 Å². The van der Waals surface area contributed by atoms with Crippen LogP contribution in [0.1, 0.15) is 56.6 Å². The lowest BCUT2D eigenvalue weighted by atomic mass is 9.98. The number of hydrogen-bond acceptors (Lipinski definition) is 6. The Kier molecular flexibility index (Phi) is 5.84. The van der Waals surface area contributed by atoms with Crippen LogP contribution >= 0.6 is 11.3 Å². The second-order valence-electron chi connectivity index (χ2n) is 8.75. The first kappa shape index (κ1) is 20.4. The van der Waals surface area contributed by atoms with Crippen LogP contribution in [0.25, 0.3) is 0 Å². The lowest BCUT2D eigenvalue weighted by Crippen LogP contribution is -2.47. The topological polar surface area (TPSA) is 71.5 Å². The number of rotatable bonds is 9. The Balaban J connectivity index is 1.23. The fourth-order valence-corrected chi connectivity index (χ4v) is 7.18. The van der Waals surface area contributed by atoms with Gasteiger partial charge in [0.15, 0.2) is 0 Å². The van der Waals surface area contributed by atoms with Crippen molar-refractivity contribution in [2.45, 2.75) is 74.4 Å². The average Bonchev–Trinajstić information content (AvgIpc) is 3.44. The smallest absolute Gasteiger partial charge is 0.273 e. The van der Waals surface area contributed by atoms with Gasteiger partial charge in [0.1, 0.15) is 6.10 Å². The van der Waals surface area contributed by atoms with Gasteiger partial charge in [0.25, 0.3) is 5.19 Å². The summed E-state index contributed by atoms with van der Waals surface area (Å²) in [5.41, 5.74) is 1.05.